The van der Waals surface area contributed by atoms with Crippen LogP contribution >= 0.6 is 22.9 Å². The van der Waals surface area contributed by atoms with Crippen molar-refractivity contribution in [1.82, 2.24) is 5.43 Å². The number of benzene rings is 1. The predicted molar refractivity (Wildman–Crippen MR) is 83.5 cm³/mol. The molecule has 0 radical (unpaired) electrons. The van der Waals surface area contributed by atoms with Crippen LogP contribution in [-0.2, 0) is 12.8 Å². The van der Waals surface area contributed by atoms with Gasteiger partial charge in [-0.1, -0.05) is 11.6 Å². The molecule has 0 bridgehead atoms. The molecule has 3 nitrogen and oxygen atoms in total. The van der Waals surface area contributed by atoms with Crippen molar-refractivity contribution in [1.29, 1.82) is 0 Å². The van der Waals surface area contributed by atoms with Crippen molar-refractivity contribution in [2.75, 3.05) is 6.61 Å². The maximum Gasteiger partial charge on any atom is 0.125 e. The second-order valence-corrected chi connectivity index (χ2v) is 6.27. The highest BCUT2D eigenvalue weighted by Crippen LogP contribution is 2.35. The minimum Gasteiger partial charge on any atom is -0.493 e. The van der Waals surface area contributed by atoms with Gasteiger partial charge in [0, 0.05) is 11.4 Å². The highest BCUT2D eigenvalue weighted by atomic mass is 35.5. The van der Waals surface area contributed by atoms with E-state index < -0.39 is 0 Å². The second-order valence-electron chi connectivity index (χ2n) is 5.09. The SMILES string of the molecule is Cc1cscc1C(Cc1cc(Cl)cc2c1OCC2)NN. The molecule has 106 valence electrons. The number of ether oxygens (including phenoxy) is 1. The lowest BCUT2D eigenvalue weighted by Gasteiger charge is -2.18. The number of halogens is 1. The maximum absolute atomic E-state index is 6.21. The summed E-state index contributed by atoms with van der Waals surface area (Å²) >= 11 is 7.90. The Hall–Kier alpha value is -1.07. The molecule has 1 unspecified atom stereocenters. The Kier molecular flexibility index (Phi) is 3.98. The van der Waals surface area contributed by atoms with Gasteiger partial charge in [-0.05, 0) is 58.5 Å². The third-order valence-corrected chi connectivity index (χ3v) is 4.82. The maximum atomic E-state index is 6.21. The Balaban J connectivity index is 1.92. The lowest BCUT2D eigenvalue weighted by Crippen LogP contribution is -2.29. The first-order valence-corrected chi connectivity index (χ1v) is 7.94. The molecule has 1 atom stereocenters. The molecule has 0 aliphatic carbocycles. The fourth-order valence-electron chi connectivity index (χ4n) is 2.70. The van der Waals surface area contributed by atoms with Crippen molar-refractivity contribution in [3.8, 4) is 5.75 Å². The molecule has 1 aliphatic heterocycles. The quantitative estimate of drug-likeness (QED) is 0.672. The van der Waals surface area contributed by atoms with Crippen LogP contribution in [0.15, 0.2) is 22.9 Å². The second kappa shape index (κ2) is 5.74. The van der Waals surface area contributed by atoms with Gasteiger partial charge in [0.2, 0.25) is 0 Å². The van der Waals surface area contributed by atoms with Crippen molar-refractivity contribution in [3.05, 3.63) is 50.2 Å². The number of nitrogens with two attached hydrogens (primary N) is 1. The lowest BCUT2D eigenvalue weighted by atomic mass is 9.97. The van der Waals surface area contributed by atoms with E-state index in [1.165, 1.54) is 16.7 Å². The van der Waals surface area contributed by atoms with Crippen LogP contribution in [0.1, 0.15) is 28.3 Å². The monoisotopic (exact) mass is 308 g/mol. The standard InChI is InChI=1S/C15H17ClN2OS/c1-9-7-20-8-13(9)14(18-17)6-11-5-12(16)4-10-2-3-19-15(10)11/h4-5,7-8,14,18H,2-3,6,17H2,1H3. The number of aryl methyl sites for hydroxylation is 1. The van der Waals surface area contributed by atoms with Crippen molar-refractivity contribution in [2.24, 2.45) is 5.84 Å². The summed E-state index contributed by atoms with van der Waals surface area (Å²) in [6.45, 7) is 2.84. The molecule has 2 aromatic rings. The minimum absolute atomic E-state index is 0.0769. The van der Waals surface area contributed by atoms with Crippen LogP contribution in [0.5, 0.6) is 5.75 Å². The zero-order chi connectivity index (χ0) is 14.1. The number of hydrazine groups is 1. The Bertz CT molecular complexity index is 626. The van der Waals surface area contributed by atoms with E-state index in [9.17, 15) is 0 Å². The summed E-state index contributed by atoms with van der Waals surface area (Å²) in [6, 6.07) is 4.05. The first-order valence-electron chi connectivity index (χ1n) is 6.62. The zero-order valence-corrected chi connectivity index (χ0v) is 12.9. The third-order valence-electron chi connectivity index (χ3n) is 3.72. The molecular weight excluding hydrogens is 292 g/mol. The fourth-order valence-corrected chi connectivity index (χ4v) is 3.87. The number of hydrogen-bond donors (Lipinski definition) is 2. The van der Waals surface area contributed by atoms with E-state index in [0.717, 1.165) is 35.8 Å². The largest absolute Gasteiger partial charge is 0.493 e. The molecule has 2 heterocycles. The van der Waals surface area contributed by atoms with Crippen LogP contribution in [0.25, 0.3) is 0 Å². The Morgan fingerprint density at radius 3 is 3.00 bits per heavy atom. The van der Waals surface area contributed by atoms with Crippen molar-refractivity contribution >= 4 is 22.9 Å². The lowest BCUT2D eigenvalue weighted by molar-refractivity contribution is 0.351. The molecule has 5 heteroatoms. The molecule has 1 aromatic heterocycles. The average Bonchev–Trinajstić information content (AvgIpc) is 3.04. The summed E-state index contributed by atoms with van der Waals surface area (Å²) in [6.07, 6.45) is 1.71. The average molecular weight is 309 g/mol. The van der Waals surface area contributed by atoms with Gasteiger partial charge in [-0.15, -0.1) is 0 Å². The minimum atomic E-state index is 0.0769. The van der Waals surface area contributed by atoms with E-state index in [0.29, 0.717) is 0 Å². The van der Waals surface area contributed by atoms with Crippen LogP contribution in [-0.4, -0.2) is 6.61 Å². The number of hydrogen-bond acceptors (Lipinski definition) is 4. The molecule has 0 spiro atoms. The van der Waals surface area contributed by atoms with E-state index in [2.05, 4.69) is 23.1 Å². The summed E-state index contributed by atoms with van der Waals surface area (Å²) in [5.74, 6) is 6.73. The molecular formula is C15H17ClN2OS. The molecule has 3 N–H and O–H groups in total. The number of thiophene rings is 1. The van der Waals surface area contributed by atoms with E-state index in [-0.39, 0.29) is 6.04 Å². The fraction of sp³-hybridized carbons (Fsp3) is 0.333. The number of fused-ring (bicyclic) bond motifs is 1. The van der Waals surface area contributed by atoms with Gasteiger partial charge in [0.25, 0.3) is 0 Å². The molecule has 3 rings (SSSR count). The molecule has 0 saturated carbocycles. The topological polar surface area (TPSA) is 47.3 Å². The van der Waals surface area contributed by atoms with Crippen LogP contribution < -0.4 is 16.0 Å². The summed E-state index contributed by atoms with van der Waals surface area (Å²) in [5, 5.41) is 5.05. The summed E-state index contributed by atoms with van der Waals surface area (Å²) in [5.41, 5.74) is 7.74. The van der Waals surface area contributed by atoms with Gasteiger partial charge in [-0.3, -0.25) is 11.3 Å². The van der Waals surface area contributed by atoms with E-state index in [1.54, 1.807) is 11.3 Å². The zero-order valence-electron chi connectivity index (χ0n) is 11.3. The van der Waals surface area contributed by atoms with Crippen LogP contribution in [0, 0.1) is 6.92 Å². The van der Waals surface area contributed by atoms with Gasteiger partial charge in [0.05, 0.1) is 12.6 Å². The van der Waals surface area contributed by atoms with Crippen molar-refractivity contribution in [2.45, 2.75) is 25.8 Å². The summed E-state index contributed by atoms with van der Waals surface area (Å²) < 4.78 is 5.75. The molecule has 1 aromatic carbocycles. The Morgan fingerprint density at radius 2 is 2.30 bits per heavy atom. The molecule has 0 saturated heterocycles. The van der Waals surface area contributed by atoms with E-state index in [4.69, 9.17) is 22.2 Å². The molecule has 1 aliphatic rings. The third kappa shape index (κ3) is 2.56. The van der Waals surface area contributed by atoms with Gasteiger partial charge >= 0.3 is 0 Å². The highest BCUT2D eigenvalue weighted by Gasteiger charge is 2.21. The first kappa shape index (κ1) is 13.9. The Labute approximate surface area is 127 Å². The van der Waals surface area contributed by atoms with Crippen LogP contribution in [0.4, 0.5) is 0 Å². The number of nitrogens with one attached hydrogen (secondary N) is 1. The smallest absolute Gasteiger partial charge is 0.125 e. The van der Waals surface area contributed by atoms with E-state index >= 15 is 0 Å². The normalized spacial score (nSPS) is 14.9. The van der Waals surface area contributed by atoms with Gasteiger partial charge in [-0.25, -0.2) is 0 Å². The van der Waals surface area contributed by atoms with E-state index in [1.807, 2.05) is 12.1 Å². The predicted octanol–water partition coefficient (Wildman–Crippen LogP) is 3.39. The highest BCUT2D eigenvalue weighted by molar-refractivity contribution is 7.08. The summed E-state index contributed by atoms with van der Waals surface area (Å²) in [4.78, 5) is 0. The molecule has 0 fully saturated rings. The number of rotatable bonds is 4. The van der Waals surface area contributed by atoms with Crippen molar-refractivity contribution in [3.63, 3.8) is 0 Å². The van der Waals surface area contributed by atoms with Crippen LogP contribution in [0.2, 0.25) is 5.02 Å². The summed E-state index contributed by atoms with van der Waals surface area (Å²) in [7, 11) is 0. The van der Waals surface area contributed by atoms with Crippen molar-refractivity contribution < 1.29 is 4.74 Å². The molecule has 0 amide bonds. The van der Waals surface area contributed by atoms with Gasteiger partial charge in [-0.2, -0.15) is 11.3 Å². The molecule has 20 heavy (non-hydrogen) atoms. The van der Waals surface area contributed by atoms with Gasteiger partial charge in [0.1, 0.15) is 5.75 Å². The van der Waals surface area contributed by atoms with Gasteiger partial charge in [0.15, 0.2) is 0 Å². The van der Waals surface area contributed by atoms with Gasteiger partial charge < -0.3 is 4.74 Å². The van der Waals surface area contributed by atoms with Crippen LogP contribution in [0.3, 0.4) is 0 Å². The Morgan fingerprint density at radius 1 is 1.45 bits per heavy atom. The first-order chi connectivity index (χ1) is 9.69.